The van der Waals surface area contributed by atoms with Crippen LogP contribution in [0.15, 0.2) is 66.9 Å². The lowest BCUT2D eigenvalue weighted by molar-refractivity contribution is -0.0663. The normalized spacial score (nSPS) is 35.8. The van der Waals surface area contributed by atoms with Gasteiger partial charge in [-0.15, -0.1) is 0 Å². The third-order valence-electron chi connectivity index (χ3n) is 11.3. The van der Waals surface area contributed by atoms with Crippen LogP contribution in [-0.4, -0.2) is 64.3 Å². The Labute approximate surface area is 250 Å². The minimum atomic E-state index is -0.291. The van der Waals surface area contributed by atoms with Gasteiger partial charge in [0.25, 0.3) is 0 Å². The summed E-state index contributed by atoms with van der Waals surface area (Å²) in [6.07, 6.45) is 27.7. The molecule has 8 rings (SSSR count). The van der Waals surface area contributed by atoms with Crippen LogP contribution in [0.25, 0.3) is 27.4 Å². The zero-order valence-electron chi connectivity index (χ0n) is 25.1. The molecule has 5 aliphatic rings. The number of ether oxygens (including phenoxy) is 1. The molecule has 1 aromatic carbocycles. The summed E-state index contributed by atoms with van der Waals surface area (Å²) >= 11 is 0. The summed E-state index contributed by atoms with van der Waals surface area (Å²) in [5, 5.41) is 2.57. The Kier molecular flexibility index (Phi) is 7.09. The van der Waals surface area contributed by atoms with Crippen molar-refractivity contribution in [1.29, 1.82) is 0 Å². The van der Waals surface area contributed by atoms with Gasteiger partial charge in [-0.05, 0) is 113 Å². The molecule has 2 saturated heterocycles. The van der Waals surface area contributed by atoms with E-state index < -0.39 is 0 Å². The summed E-state index contributed by atoms with van der Waals surface area (Å²) in [4.78, 5) is 14.6. The van der Waals surface area contributed by atoms with Crippen LogP contribution in [0, 0.1) is 11.3 Å². The average molecular weight is 563 g/mol. The van der Waals surface area contributed by atoms with E-state index in [0.717, 1.165) is 38.2 Å². The summed E-state index contributed by atoms with van der Waals surface area (Å²) < 4.78 is 7.15. The van der Waals surface area contributed by atoms with Crippen molar-refractivity contribution < 1.29 is 4.74 Å². The number of allylic oxidation sites excluding steroid dienone is 5. The molecule has 220 valence electrons. The third kappa shape index (κ3) is 4.42. The van der Waals surface area contributed by atoms with Crippen molar-refractivity contribution in [3.05, 3.63) is 72.6 Å². The first kappa shape index (κ1) is 26.9. The SMILES string of the molecule is C1=C(c2nccc3c2[nH]c2ccccc23)[C@@H]2CCN3CCCC/C=C\CC[C@]14OCN1CCCC/C=C\CC[C@@]2(C3)[C@@H]14. The van der Waals surface area contributed by atoms with Crippen molar-refractivity contribution in [1.82, 2.24) is 19.8 Å². The number of piperidine rings is 1. The summed E-state index contributed by atoms with van der Waals surface area (Å²) in [7, 11) is 0. The van der Waals surface area contributed by atoms with Crippen LogP contribution < -0.4 is 0 Å². The maximum atomic E-state index is 7.15. The largest absolute Gasteiger partial charge is 0.354 e. The van der Waals surface area contributed by atoms with Crippen LogP contribution in [0.1, 0.15) is 76.3 Å². The first-order valence-corrected chi connectivity index (χ1v) is 16.8. The highest BCUT2D eigenvalue weighted by Crippen LogP contribution is 2.60. The second-order valence-electron chi connectivity index (χ2n) is 13.7. The minimum absolute atomic E-state index is 0.126. The summed E-state index contributed by atoms with van der Waals surface area (Å²) in [5.74, 6) is 0.468. The predicted molar refractivity (Wildman–Crippen MR) is 172 cm³/mol. The van der Waals surface area contributed by atoms with Gasteiger partial charge in [-0.25, -0.2) is 0 Å². The standard InChI is InChI=1S/C37H46N4O/c1-4-8-14-23-41-27-42-37-20-12-6-2-3-7-13-22-40-24-18-31(36(26-40,35(37)41)19-11-5-1)30(25-37)33-34-29(17-21-38-33)28-15-9-10-16-32(28)39-34/h1-2,5-6,9-10,15-17,21,25,31,35,39H,3-4,7-8,11-14,18-20,22-24,26-27H2/b5-1-,6-2-/t31-,35+,36-,37-/m0/s1. The lowest BCUT2D eigenvalue weighted by Crippen LogP contribution is -2.66. The summed E-state index contributed by atoms with van der Waals surface area (Å²) in [6.45, 7) is 5.46. The van der Waals surface area contributed by atoms with Crippen LogP contribution in [0.2, 0.25) is 0 Å². The second kappa shape index (κ2) is 11.1. The molecule has 6 heterocycles. The average Bonchev–Trinajstić information content (AvgIpc) is 3.57. The number of nitrogens with zero attached hydrogens (tertiary/aromatic N) is 3. The van der Waals surface area contributed by atoms with Gasteiger partial charge in [0.15, 0.2) is 0 Å². The zero-order valence-corrected chi connectivity index (χ0v) is 25.1. The molecule has 42 heavy (non-hydrogen) atoms. The van der Waals surface area contributed by atoms with Crippen LogP contribution in [0.4, 0.5) is 0 Å². The lowest BCUT2D eigenvalue weighted by Gasteiger charge is -2.60. The number of aromatic nitrogens is 2. The quantitative estimate of drug-likeness (QED) is 0.307. The van der Waals surface area contributed by atoms with Gasteiger partial charge < -0.3 is 14.6 Å². The molecule has 5 heteroatoms. The molecule has 1 aliphatic carbocycles. The number of hydrogen-bond donors (Lipinski definition) is 1. The van der Waals surface area contributed by atoms with Gasteiger partial charge in [-0.3, -0.25) is 9.88 Å². The molecule has 0 radical (unpaired) electrons. The highest BCUT2D eigenvalue weighted by atomic mass is 16.5. The summed E-state index contributed by atoms with van der Waals surface area (Å²) in [5.41, 5.74) is 4.83. The Balaban J connectivity index is 1.36. The van der Waals surface area contributed by atoms with Crippen LogP contribution in [-0.2, 0) is 4.74 Å². The van der Waals surface area contributed by atoms with Crippen LogP contribution in [0.3, 0.4) is 0 Å². The van der Waals surface area contributed by atoms with E-state index in [1.165, 1.54) is 98.4 Å². The lowest BCUT2D eigenvalue weighted by atomic mass is 9.53. The van der Waals surface area contributed by atoms with E-state index in [0.29, 0.717) is 12.0 Å². The monoisotopic (exact) mass is 562 g/mol. The molecular formula is C37H46N4O. The number of hydrogen-bond acceptors (Lipinski definition) is 4. The van der Waals surface area contributed by atoms with Gasteiger partial charge in [0.1, 0.15) is 12.3 Å². The highest BCUT2D eigenvalue weighted by molar-refractivity contribution is 6.09. The molecule has 5 atom stereocenters. The van der Waals surface area contributed by atoms with E-state index in [2.05, 4.69) is 75.5 Å². The first-order chi connectivity index (χ1) is 20.8. The molecular weight excluding hydrogens is 516 g/mol. The van der Waals surface area contributed by atoms with E-state index in [1.54, 1.807) is 0 Å². The number of fused-ring (bicyclic) bond motifs is 4. The molecule has 1 unspecified atom stereocenters. The van der Waals surface area contributed by atoms with Crippen molar-refractivity contribution in [2.75, 3.05) is 32.9 Å². The first-order valence-electron chi connectivity index (χ1n) is 16.8. The van der Waals surface area contributed by atoms with Crippen LogP contribution in [0.5, 0.6) is 0 Å². The Morgan fingerprint density at radius 1 is 0.833 bits per heavy atom. The van der Waals surface area contributed by atoms with E-state index in [-0.39, 0.29) is 11.0 Å². The maximum absolute atomic E-state index is 7.15. The number of para-hydroxylation sites is 1. The van der Waals surface area contributed by atoms with Gasteiger partial charge in [0.2, 0.25) is 0 Å². The van der Waals surface area contributed by atoms with E-state index in [9.17, 15) is 0 Å². The smallest absolute Gasteiger partial charge is 0.105 e. The molecule has 1 spiro atoms. The number of benzene rings is 1. The van der Waals surface area contributed by atoms with Gasteiger partial charge in [-0.2, -0.15) is 0 Å². The Hall–Kier alpha value is -2.73. The van der Waals surface area contributed by atoms with Gasteiger partial charge in [0, 0.05) is 41.0 Å². The fourth-order valence-electron chi connectivity index (χ4n) is 9.54. The van der Waals surface area contributed by atoms with Crippen molar-refractivity contribution in [3.63, 3.8) is 0 Å². The van der Waals surface area contributed by atoms with E-state index in [1.807, 2.05) is 6.20 Å². The minimum Gasteiger partial charge on any atom is -0.354 e. The van der Waals surface area contributed by atoms with Gasteiger partial charge >= 0.3 is 0 Å². The number of H-pyrrole nitrogens is 1. The highest BCUT2D eigenvalue weighted by Gasteiger charge is 2.64. The fourth-order valence-corrected chi connectivity index (χ4v) is 9.54. The summed E-state index contributed by atoms with van der Waals surface area (Å²) in [6, 6.07) is 11.3. The van der Waals surface area contributed by atoms with Crippen molar-refractivity contribution >= 4 is 27.4 Å². The van der Waals surface area contributed by atoms with Gasteiger partial charge in [-0.1, -0.05) is 42.5 Å². The number of rotatable bonds is 1. The zero-order chi connectivity index (χ0) is 28.0. The third-order valence-corrected chi connectivity index (χ3v) is 11.3. The topological polar surface area (TPSA) is 44.4 Å². The molecule has 3 aromatic rings. The molecule has 4 aliphatic heterocycles. The molecule has 1 N–H and O–H groups in total. The molecule has 0 saturated carbocycles. The Morgan fingerprint density at radius 2 is 1.64 bits per heavy atom. The molecule has 5 nitrogen and oxygen atoms in total. The molecule has 3 bridgehead atoms. The van der Waals surface area contributed by atoms with Crippen molar-refractivity contribution in [2.45, 2.75) is 82.3 Å². The van der Waals surface area contributed by atoms with E-state index >= 15 is 0 Å². The fraction of sp³-hybridized carbons (Fsp3) is 0.541. The number of pyridine rings is 1. The Morgan fingerprint density at radius 3 is 2.55 bits per heavy atom. The predicted octanol–water partition coefficient (Wildman–Crippen LogP) is 7.86. The number of nitrogens with one attached hydrogen (secondary N) is 1. The van der Waals surface area contributed by atoms with Crippen molar-refractivity contribution in [2.24, 2.45) is 11.3 Å². The molecule has 0 amide bonds. The molecule has 2 aromatic heterocycles. The van der Waals surface area contributed by atoms with E-state index in [4.69, 9.17) is 9.72 Å². The molecule has 2 fully saturated rings. The Bertz CT molecular complexity index is 1540. The second-order valence-corrected chi connectivity index (χ2v) is 13.7. The number of aromatic amines is 1. The van der Waals surface area contributed by atoms with Crippen molar-refractivity contribution in [3.8, 4) is 0 Å². The van der Waals surface area contributed by atoms with Gasteiger partial charge in [0.05, 0.1) is 17.3 Å². The van der Waals surface area contributed by atoms with Crippen LogP contribution >= 0.6 is 0 Å². The maximum Gasteiger partial charge on any atom is 0.105 e.